The lowest BCUT2D eigenvalue weighted by atomic mass is 10.0. The van der Waals surface area contributed by atoms with Crippen LogP contribution in [-0.4, -0.2) is 26.1 Å². The van der Waals surface area contributed by atoms with Gasteiger partial charge < -0.3 is 15.4 Å². The van der Waals surface area contributed by atoms with E-state index >= 15 is 0 Å². The first-order valence-electron chi connectivity index (χ1n) is 7.17. The van der Waals surface area contributed by atoms with Crippen LogP contribution in [0.2, 0.25) is 0 Å². The highest BCUT2D eigenvalue weighted by atomic mass is 16.4. The molecule has 0 saturated heterocycles. The molecule has 0 saturated carbocycles. The van der Waals surface area contributed by atoms with Gasteiger partial charge in [-0.3, -0.25) is 4.98 Å². The summed E-state index contributed by atoms with van der Waals surface area (Å²) >= 11 is 0. The van der Waals surface area contributed by atoms with Crippen LogP contribution in [0.4, 0.5) is 0 Å². The average molecular weight is 308 g/mol. The Kier molecular flexibility index (Phi) is 3.85. The molecule has 116 valence electrons. The molecule has 0 spiro atoms. The lowest BCUT2D eigenvalue weighted by Crippen LogP contribution is -2.08. The number of fused-ring (bicyclic) bond motifs is 1. The van der Waals surface area contributed by atoms with Gasteiger partial charge in [0.1, 0.15) is 11.5 Å². The predicted molar refractivity (Wildman–Crippen MR) is 88.3 cm³/mol. The molecular weight excluding hydrogens is 292 g/mol. The molecule has 0 aliphatic rings. The van der Waals surface area contributed by atoms with Crippen LogP contribution in [0.25, 0.3) is 10.9 Å². The number of hydrogen-bond acceptors (Lipinski definition) is 5. The second kappa shape index (κ2) is 5.96. The van der Waals surface area contributed by atoms with Crippen LogP contribution in [0.5, 0.6) is 11.5 Å². The van der Waals surface area contributed by atoms with E-state index in [1.54, 1.807) is 6.92 Å². The van der Waals surface area contributed by atoms with Crippen LogP contribution in [0.3, 0.4) is 0 Å². The first-order valence-corrected chi connectivity index (χ1v) is 7.17. The zero-order valence-corrected chi connectivity index (χ0v) is 12.6. The Bertz CT molecular complexity index is 904. The van der Waals surface area contributed by atoms with Crippen molar-refractivity contribution in [1.82, 2.24) is 4.98 Å². The third kappa shape index (κ3) is 2.81. The molecule has 0 fully saturated rings. The normalized spacial score (nSPS) is 11.8. The van der Waals surface area contributed by atoms with E-state index in [1.165, 1.54) is 12.1 Å². The van der Waals surface area contributed by atoms with Crippen molar-refractivity contribution in [3.8, 4) is 11.5 Å². The number of phenols is 2. The van der Waals surface area contributed by atoms with Crippen molar-refractivity contribution in [2.24, 2.45) is 5.16 Å². The van der Waals surface area contributed by atoms with Gasteiger partial charge >= 0.3 is 0 Å². The molecule has 23 heavy (non-hydrogen) atoms. The molecule has 1 heterocycles. The first kappa shape index (κ1) is 14.8. The molecule has 0 aliphatic carbocycles. The van der Waals surface area contributed by atoms with Gasteiger partial charge in [-0.2, -0.15) is 0 Å². The molecule has 0 amide bonds. The largest absolute Gasteiger partial charge is 0.508 e. The maximum Gasteiger partial charge on any atom is 0.131 e. The van der Waals surface area contributed by atoms with E-state index in [-0.39, 0.29) is 23.6 Å². The average Bonchev–Trinajstić information content (AvgIpc) is 2.58. The third-order valence-electron chi connectivity index (χ3n) is 3.84. The van der Waals surface area contributed by atoms with E-state index < -0.39 is 0 Å². The van der Waals surface area contributed by atoms with Crippen LogP contribution in [0, 0.1) is 6.92 Å². The number of aromatic nitrogens is 1. The fraction of sp³-hybridized carbons (Fsp3) is 0.111. The zero-order valence-electron chi connectivity index (χ0n) is 12.6. The molecule has 1 aromatic heterocycles. The number of rotatable bonds is 3. The second-order valence-corrected chi connectivity index (χ2v) is 5.32. The minimum absolute atomic E-state index is 0.00706. The second-order valence-electron chi connectivity index (χ2n) is 5.32. The van der Waals surface area contributed by atoms with Crippen LogP contribution in [-0.2, 0) is 6.42 Å². The number of nitrogens with zero attached hydrogens (tertiary/aromatic N) is 2. The summed E-state index contributed by atoms with van der Waals surface area (Å²) in [5, 5.41) is 33.4. The summed E-state index contributed by atoms with van der Waals surface area (Å²) in [5.74, 6) is -0.106. The maximum absolute atomic E-state index is 10.2. The maximum atomic E-state index is 10.2. The molecule has 3 rings (SSSR count). The third-order valence-corrected chi connectivity index (χ3v) is 3.84. The highest BCUT2D eigenvalue weighted by molar-refractivity contribution is 6.04. The summed E-state index contributed by atoms with van der Waals surface area (Å²) < 4.78 is 0. The standard InChI is InChI=1S/C18H16N2O3/c1-11-17(21)9-8-14(18(11)22)16(20-23)10-13-7-6-12-4-2-3-5-15(12)19-13/h2-9,21-23H,10H2,1H3/b20-16-. The highest BCUT2D eigenvalue weighted by Gasteiger charge is 2.15. The van der Waals surface area contributed by atoms with Gasteiger partial charge in [0.25, 0.3) is 0 Å². The Hall–Kier alpha value is -3.08. The lowest BCUT2D eigenvalue weighted by Gasteiger charge is -2.10. The van der Waals surface area contributed by atoms with Crippen LogP contribution in [0.1, 0.15) is 16.8 Å². The topological polar surface area (TPSA) is 85.9 Å². The SMILES string of the molecule is Cc1c(O)ccc(/C(Cc2ccc3ccccc3n2)=N\O)c1O. The van der Waals surface area contributed by atoms with Crippen molar-refractivity contribution >= 4 is 16.6 Å². The van der Waals surface area contributed by atoms with Crippen molar-refractivity contribution in [2.45, 2.75) is 13.3 Å². The molecule has 0 unspecified atom stereocenters. The molecule has 0 aliphatic heterocycles. The van der Waals surface area contributed by atoms with Crippen molar-refractivity contribution in [3.05, 3.63) is 65.4 Å². The quantitative estimate of drug-likeness (QED) is 0.393. The van der Waals surface area contributed by atoms with E-state index in [9.17, 15) is 15.4 Å². The van der Waals surface area contributed by atoms with Crippen molar-refractivity contribution in [2.75, 3.05) is 0 Å². The fourth-order valence-corrected chi connectivity index (χ4v) is 2.49. The molecule has 0 bridgehead atoms. The minimum Gasteiger partial charge on any atom is -0.508 e. The molecule has 0 radical (unpaired) electrons. The molecule has 5 heteroatoms. The van der Waals surface area contributed by atoms with Gasteiger partial charge in [-0.25, -0.2) is 0 Å². The summed E-state index contributed by atoms with van der Waals surface area (Å²) in [6.07, 6.45) is 0.263. The van der Waals surface area contributed by atoms with E-state index in [2.05, 4.69) is 10.1 Å². The van der Waals surface area contributed by atoms with Crippen LogP contribution < -0.4 is 0 Å². The van der Waals surface area contributed by atoms with E-state index in [0.29, 0.717) is 11.1 Å². The van der Waals surface area contributed by atoms with Gasteiger partial charge in [-0.15, -0.1) is 0 Å². The number of para-hydroxylation sites is 1. The van der Waals surface area contributed by atoms with Crippen LogP contribution in [0.15, 0.2) is 53.7 Å². The molecule has 5 nitrogen and oxygen atoms in total. The van der Waals surface area contributed by atoms with Gasteiger partial charge in [-0.05, 0) is 31.2 Å². The molecule has 3 N–H and O–H groups in total. The van der Waals surface area contributed by atoms with Gasteiger partial charge in [-0.1, -0.05) is 29.4 Å². The number of aromatic hydroxyl groups is 2. The predicted octanol–water partition coefficient (Wildman–Crippen LogP) is 3.38. The summed E-state index contributed by atoms with van der Waals surface area (Å²) in [4.78, 5) is 4.54. The van der Waals surface area contributed by atoms with Crippen molar-refractivity contribution < 1.29 is 15.4 Å². The van der Waals surface area contributed by atoms with Gasteiger partial charge in [0, 0.05) is 28.6 Å². The monoisotopic (exact) mass is 308 g/mol. The van der Waals surface area contributed by atoms with Crippen LogP contribution >= 0.6 is 0 Å². The molecule has 2 aromatic carbocycles. The molecule has 3 aromatic rings. The number of oxime groups is 1. The highest BCUT2D eigenvalue weighted by Crippen LogP contribution is 2.30. The fourth-order valence-electron chi connectivity index (χ4n) is 2.49. The summed E-state index contributed by atoms with van der Waals surface area (Å²) in [6, 6.07) is 14.5. The number of phenolic OH excluding ortho intramolecular Hbond substituents is 2. The Morgan fingerprint density at radius 3 is 2.61 bits per heavy atom. The van der Waals surface area contributed by atoms with E-state index in [4.69, 9.17) is 0 Å². The first-order chi connectivity index (χ1) is 11.1. The van der Waals surface area contributed by atoms with Crippen molar-refractivity contribution in [1.29, 1.82) is 0 Å². The Labute approximate surface area is 133 Å². The van der Waals surface area contributed by atoms with E-state index in [0.717, 1.165) is 16.6 Å². The summed E-state index contributed by atoms with van der Waals surface area (Å²) in [5.41, 5.74) is 2.58. The summed E-state index contributed by atoms with van der Waals surface area (Å²) in [6.45, 7) is 1.59. The number of pyridine rings is 1. The van der Waals surface area contributed by atoms with Gasteiger partial charge in [0.2, 0.25) is 0 Å². The lowest BCUT2D eigenvalue weighted by molar-refractivity contribution is 0.318. The zero-order chi connectivity index (χ0) is 16.4. The number of benzene rings is 2. The number of hydrogen-bond donors (Lipinski definition) is 3. The van der Waals surface area contributed by atoms with Gasteiger partial charge in [0.15, 0.2) is 0 Å². The van der Waals surface area contributed by atoms with Crippen molar-refractivity contribution in [3.63, 3.8) is 0 Å². The van der Waals surface area contributed by atoms with Gasteiger partial charge in [0.05, 0.1) is 11.2 Å². The Balaban J connectivity index is 1.97. The minimum atomic E-state index is -0.0985. The Morgan fingerprint density at radius 1 is 1.04 bits per heavy atom. The molecular formula is C18H16N2O3. The Morgan fingerprint density at radius 2 is 1.83 bits per heavy atom. The molecule has 0 atom stereocenters. The van der Waals surface area contributed by atoms with E-state index in [1.807, 2.05) is 36.4 Å². The summed E-state index contributed by atoms with van der Waals surface area (Å²) in [7, 11) is 0. The smallest absolute Gasteiger partial charge is 0.131 e.